The van der Waals surface area contributed by atoms with Crippen molar-refractivity contribution in [1.29, 1.82) is 0 Å². The van der Waals surface area contributed by atoms with Gasteiger partial charge in [0.2, 0.25) is 0 Å². The van der Waals surface area contributed by atoms with Crippen LogP contribution in [0.25, 0.3) is 21.8 Å². The Labute approximate surface area is 391 Å². The van der Waals surface area contributed by atoms with Gasteiger partial charge in [0.15, 0.2) is 0 Å². The van der Waals surface area contributed by atoms with E-state index in [0.29, 0.717) is 81.0 Å². The lowest BCUT2D eigenvalue weighted by molar-refractivity contribution is 0.121. The predicted molar refractivity (Wildman–Crippen MR) is 255 cm³/mol. The van der Waals surface area contributed by atoms with Crippen molar-refractivity contribution in [3.05, 3.63) is 95.6 Å². The molecule has 6 aromatic rings. The van der Waals surface area contributed by atoms with Crippen molar-refractivity contribution in [2.24, 2.45) is 0 Å². The number of aromatic nitrogens is 4. The normalized spacial score (nSPS) is 16.7. The minimum atomic E-state index is -0.695. The van der Waals surface area contributed by atoms with Crippen LogP contribution in [-0.2, 0) is 14.2 Å². The summed E-state index contributed by atoms with van der Waals surface area (Å²) in [6, 6.07) is 8.25. The second-order valence-electron chi connectivity index (χ2n) is 16.9. The van der Waals surface area contributed by atoms with Crippen molar-refractivity contribution in [2.45, 2.75) is 13.8 Å². The van der Waals surface area contributed by atoms with Crippen molar-refractivity contribution in [3.8, 4) is 0 Å². The van der Waals surface area contributed by atoms with E-state index in [2.05, 4.69) is 50.6 Å². The predicted octanol–water partition coefficient (Wildman–Crippen LogP) is 6.89. The Bertz CT molecular complexity index is 2780. The molecule has 4 aliphatic heterocycles. The Hall–Kier alpha value is -6.77. The molecule has 0 bridgehead atoms. The number of methoxy groups -OCH3 is 1. The molecule has 8 heterocycles. The first-order chi connectivity index (χ1) is 33.0. The second kappa shape index (κ2) is 20.6. The molecule has 3 N–H and O–H groups in total. The molecule has 0 radical (unpaired) electrons. The summed E-state index contributed by atoms with van der Waals surface area (Å²) in [7, 11) is 1.35. The summed E-state index contributed by atoms with van der Waals surface area (Å²) in [4.78, 5) is 40.1. The van der Waals surface area contributed by atoms with Gasteiger partial charge in [-0.15, -0.1) is 0 Å². The number of hydrogen-bond acceptors (Lipinski definition) is 15. The lowest BCUT2D eigenvalue weighted by Gasteiger charge is -2.35. The van der Waals surface area contributed by atoms with Crippen molar-refractivity contribution in [3.63, 3.8) is 0 Å². The van der Waals surface area contributed by atoms with Gasteiger partial charge in [0.25, 0.3) is 0 Å². The Kier molecular flexibility index (Phi) is 14.1. The van der Waals surface area contributed by atoms with Crippen molar-refractivity contribution < 1.29 is 36.6 Å². The number of morpholine rings is 2. The number of halogens is 4. The van der Waals surface area contributed by atoms with E-state index in [1.54, 1.807) is 23.5 Å². The molecule has 0 saturated carbocycles. The molecular weight excluding hydrogens is 885 g/mol. The number of anilines is 8. The molecule has 16 nitrogen and oxygen atoms in total. The fraction of sp³-hybridized carbons (Fsp3) is 0.396. The van der Waals surface area contributed by atoms with Crippen molar-refractivity contribution in [2.75, 3.05) is 142 Å². The molecule has 68 heavy (non-hydrogen) atoms. The van der Waals surface area contributed by atoms with E-state index in [1.807, 2.05) is 37.1 Å². The summed E-state index contributed by atoms with van der Waals surface area (Å²) in [6.07, 6.45) is 6.61. The van der Waals surface area contributed by atoms with Crippen LogP contribution in [0.15, 0.2) is 61.2 Å². The van der Waals surface area contributed by atoms with Gasteiger partial charge in [0, 0.05) is 114 Å². The van der Waals surface area contributed by atoms with E-state index in [0.717, 1.165) is 98.5 Å². The van der Waals surface area contributed by atoms with Gasteiger partial charge in [-0.05, 0) is 26.0 Å². The number of amides is 1. The third-order valence-electron chi connectivity index (χ3n) is 12.6. The topological polar surface area (TPSA) is 149 Å². The molecule has 1 amide bonds. The number of pyridine rings is 4. The zero-order valence-corrected chi connectivity index (χ0v) is 38.3. The zero-order chi connectivity index (χ0) is 47.3. The summed E-state index contributed by atoms with van der Waals surface area (Å²) >= 11 is 0. The summed E-state index contributed by atoms with van der Waals surface area (Å²) in [5.41, 5.74) is 6.46. The average molecular weight is 939 g/mol. The lowest BCUT2D eigenvalue weighted by atomic mass is 10.1. The zero-order valence-electron chi connectivity index (χ0n) is 38.3. The van der Waals surface area contributed by atoms with Crippen LogP contribution < -0.4 is 35.6 Å². The number of ether oxygens (including phenoxy) is 3. The quantitative estimate of drug-likeness (QED) is 0.136. The van der Waals surface area contributed by atoms with Gasteiger partial charge < -0.3 is 54.7 Å². The number of carbonyl (C=O) groups is 1. The Morgan fingerprint density at radius 1 is 0.588 bits per heavy atom. The molecule has 4 saturated heterocycles. The van der Waals surface area contributed by atoms with Gasteiger partial charge in [-0.2, -0.15) is 0 Å². The van der Waals surface area contributed by atoms with Gasteiger partial charge in [-0.1, -0.05) is 0 Å². The lowest BCUT2D eigenvalue weighted by Crippen LogP contribution is -2.49. The molecule has 10 rings (SSSR count). The van der Waals surface area contributed by atoms with E-state index in [1.165, 1.54) is 19.2 Å². The fourth-order valence-corrected chi connectivity index (χ4v) is 9.09. The SMILES string of the molecule is COC(=O)N1CCN(c2nc3cc(F)cc(F)c3c(Nc3cncc(N4CCOCC4)c3)c2C)CC1.Cc1c(N2CCNCC2)nc2cc(F)cc(F)c2c1Nc1cncc(N2CCOCC2)c1. The number of nitrogens with one attached hydrogen (secondary N) is 3. The van der Waals surface area contributed by atoms with Crippen LogP contribution in [0, 0.1) is 37.1 Å². The summed E-state index contributed by atoms with van der Waals surface area (Å²) in [6.45, 7) is 14.7. The van der Waals surface area contributed by atoms with Crippen molar-refractivity contribution >= 4 is 73.7 Å². The van der Waals surface area contributed by atoms with Gasteiger partial charge in [-0.25, -0.2) is 32.3 Å². The van der Waals surface area contributed by atoms with Crippen LogP contribution in [0.2, 0.25) is 0 Å². The molecule has 2 aromatic carbocycles. The molecule has 4 fully saturated rings. The van der Waals surface area contributed by atoms with Crippen LogP contribution >= 0.6 is 0 Å². The van der Waals surface area contributed by atoms with Gasteiger partial charge in [0.1, 0.15) is 34.9 Å². The third kappa shape index (κ3) is 10.1. The van der Waals surface area contributed by atoms with Crippen LogP contribution in [-0.4, -0.2) is 143 Å². The Morgan fingerprint density at radius 2 is 1.03 bits per heavy atom. The molecule has 4 aromatic heterocycles. The van der Waals surface area contributed by atoms with E-state index in [-0.39, 0.29) is 22.4 Å². The van der Waals surface area contributed by atoms with E-state index in [9.17, 15) is 18.0 Å². The Morgan fingerprint density at radius 3 is 1.47 bits per heavy atom. The largest absolute Gasteiger partial charge is 0.453 e. The van der Waals surface area contributed by atoms with Crippen LogP contribution in [0.1, 0.15) is 11.1 Å². The average Bonchev–Trinajstić information content (AvgIpc) is 3.36. The third-order valence-corrected chi connectivity index (χ3v) is 12.6. The molecule has 0 unspecified atom stereocenters. The molecule has 20 heteroatoms. The number of carbonyl (C=O) groups excluding carboxylic acids is 1. The highest BCUT2D eigenvalue weighted by molar-refractivity contribution is 5.99. The Balaban J connectivity index is 0.000000171. The molecule has 358 valence electrons. The summed E-state index contributed by atoms with van der Waals surface area (Å²) in [5.74, 6) is -1.32. The first-order valence-corrected chi connectivity index (χ1v) is 22.8. The minimum absolute atomic E-state index is 0.211. The van der Waals surface area contributed by atoms with E-state index in [4.69, 9.17) is 14.2 Å². The second-order valence-corrected chi connectivity index (χ2v) is 16.9. The van der Waals surface area contributed by atoms with Crippen LogP contribution in [0.5, 0.6) is 0 Å². The van der Waals surface area contributed by atoms with Crippen molar-refractivity contribution in [1.82, 2.24) is 30.2 Å². The number of piperazine rings is 2. The number of nitrogens with zero attached hydrogens (tertiary/aromatic N) is 9. The number of benzene rings is 2. The maximum absolute atomic E-state index is 15.1. The number of fused-ring (bicyclic) bond motifs is 2. The highest BCUT2D eigenvalue weighted by Crippen LogP contribution is 2.39. The first-order valence-electron chi connectivity index (χ1n) is 22.8. The standard InChI is InChI=1S/C25H28F2N6O3.C23H26F2N6O/c1-16-23(29-18-13-19(15-28-14-18)31-7-9-36-10-8-31)22-20(27)11-17(26)12-21(22)30-24(16)32-3-5-33(6-4-32)25(34)35-2;1-15-22(28-17-12-18(14-27-13-17)30-6-8-32-9-7-30)21-19(25)10-16(24)11-20(21)29-23(15)31-4-2-26-3-5-31/h11-15H,3-10H2,1-2H3,(H,29,30);10-14,26H,2-9H2,1H3,(H,28,29). The van der Waals surface area contributed by atoms with E-state index >= 15 is 4.39 Å². The molecule has 0 atom stereocenters. The maximum Gasteiger partial charge on any atom is 0.409 e. The fourth-order valence-electron chi connectivity index (χ4n) is 9.09. The minimum Gasteiger partial charge on any atom is -0.453 e. The highest BCUT2D eigenvalue weighted by atomic mass is 19.1. The van der Waals surface area contributed by atoms with E-state index < -0.39 is 23.3 Å². The first kappa shape index (κ1) is 46.3. The summed E-state index contributed by atoms with van der Waals surface area (Å²) < 4.78 is 73.9. The van der Waals surface area contributed by atoms with Crippen LogP contribution in [0.3, 0.4) is 0 Å². The monoisotopic (exact) mass is 938 g/mol. The smallest absolute Gasteiger partial charge is 0.409 e. The highest BCUT2D eigenvalue weighted by Gasteiger charge is 2.27. The number of rotatable bonds is 8. The van der Waals surface area contributed by atoms with Gasteiger partial charge in [-0.3, -0.25) is 9.97 Å². The van der Waals surface area contributed by atoms with Gasteiger partial charge in [0.05, 0.1) is 114 Å². The molecule has 0 aliphatic carbocycles. The summed E-state index contributed by atoms with van der Waals surface area (Å²) in [5, 5.41) is 10.5. The van der Waals surface area contributed by atoms with Crippen LogP contribution in [0.4, 0.5) is 68.1 Å². The molecule has 4 aliphatic rings. The molecular formula is C48H54F4N12O4. The van der Waals surface area contributed by atoms with Gasteiger partial charge >= 0.3 is 6.09 Å². The molecule has 0 spiro atoms. The maximum atomic E-state index is 15.1. The number of hydrogen-bond donors (Lipinski definition) is 3.